The van der Waals surface area contributed by atoms with Gasteiger partial charge in [-0.15, -0.1) is 0 Å². The molecule has 128 valence electrons. The number of thiophene rings is 1. The lowest BCUT2D eigenvalue weighted by Gasteiger charge is -2.17. The number of urea groups is 1. The van der Waals surface area contributed by atoms with Crippen molar-refractivity contribution in [1.29, 1.82) is 0 Å². The first-order chi connectivity index (χ1) is 12.2. The van der Waals surface area contributed by atoms with Gasteiger partial charge in [0, 0.05) is 30.8 Å². The van der Waals surface area contributed by atoms with Crippen LogP contribution in [0.3, 0.4) is 0 Å². The number of amides is 2. The predicted molar refractivity (Wildman–Crippen MR) is 96.5 cm³/mol. The molecule has 0 bridgehead atoms. The summed E-state index contributed by atoms with van der Waals surface area (Å²) in [5.41, 5.74) is 2.62. The van der Waals surface area contributed by atoms with Crippen molar-refractivity contribution in [1.82, 2.24) is 15.0 Å². The van der Waals surface area contributed by atoms with Crippen molar-refractivity contribution in [2.24, 2.45) is 0 Å². The maximum absolute atomic E-state index is 12.4. The number of carbonyl (C=O) groups is 1. The van der Waals surface area contributed by atoms with Crippen molar-refractivity contribution in [2.75, 3.05) is 12.4 Å². The lowest BCUT2D eigenvalue weighted by molar-refractivity contribution is 0.221. The summed E-state index contributed by atoms with van der Waals surface area (Å²) in [6.45, 7) is 0.573. The molecule has 3 aromatic rings. The summed E-state index contributed by atoms with van der Waals surface area (Å²) in [7, 11) is 1.77. The zero-order valence-electron chi connectivity index (χ0n) is 13.8. The van der Waals surface area contributed by atoms with Crippen LogP contribution < -0.4 is 5.32 Å². The number of carbonyl (C=O) groups excluding carboxylic acids is 1. The van der Waals surface area contributed by atoms with Crippen LogP contribution in [0.1, 0.15) is 30.1 Å². The second kappa shape index (κ2) is 6.68. The van der Waals surface area contributed by atoms with E-state index >= 15 is 0 Å². The molecule has 0 spiro atoms. The van der Waals surface area contributed by atoms with Gasteiger partial charge < -0.3 is 14.7 Å². The molecule has 1 fully saturated rings. The van der Waals surface area contributed by atoms with Crippen LogP contribution in [0.5, 0.6) is 0 Å². The van der Waals surface area contributed by atoms with Crippen LogP contribution in [0.15, 0.2) is 45.6 Å². The fraction of sp³-hybridized carbons (Fsp3) is 0.278. The summed E-state index contributed by atoms with van der Waals surface area (Å²) in [6, 6.07) is 9.31. The molecule has 7 heteroatoms. The first-order valence-electron chi connectivity index (χ1n) is 8.16. The SMILES string of the molecule is CN(Cc1ccsc1)C(=O)Nc1cccc(-c2nc(C3CC3)no2)c1. The Labute approximate surface area is 149 Å². The van der Waals surface area contributed by atoms with E-state index in [1.807, 2.05) is 41.1 Å². The Kier molecular flexibility index (Phi) is 4.23. The van der Waals surface area contributed by atoms with Crippen molar-refractivity contribution in [2.45, 2.75) is 25.3 Å². The summed E-state index contributed by atoms with van der Waals surface area (Å²) in [4.78, 5) is 18.4. The number of nitrogens with one attached hydrogen (secondary N) is 1. The van der Waals surface area contributed by atoms with Crippen molar-refractivity contribution < 1.29 is 9.32 Å². The second-order valence-electron chi connectivity index (χ2n) is 6.23. The van der Waals surface area contributed by atoms with E-state index in [1.54, 1.807) is 23.3 Å². The lowest BCUT2D eigenvalue weighted by atomic mass is 10.2. The first kappa shape index (κ1) is 15.8. The molecule has 2 amide bonds. The zero-order valence-corrected chi connectivity index (χ0v) is 14.6. The maximum atomic E-state index is 12.4. The molecule has 6 nitrogen and oxygen atoms in total. The molecular formula is C18H18N4O2S. The quantitative estimate of drug-likeness (QED) is 0.740. The highest BCUT2D eigenvalue weighted by atomic mass is 32.1. The van der Waals surface area contributed by atoms with E-state index in [1.165, 1.54) is 0 Å². The summed E-state index contributed by atoms with van der Waals surface area (Å²) >= 11 is 1.62. The summed E-state index contributed by atoms with van der Waals surface area (Å²) < 4.78 is 5.35. The van der Waals surface area contributed by atoms with Crippen molar-refractivity contribution in [3.63, 3.8) is 0 Å². The van der Waals surface area contributed by atoms with Crippen LogP contribution >= 0.6 is 11.3 Å². The van der Waals surface area contributed by atoms with Gasteiger partial charge >= 0.3 is 6.03 Å². The highest BCUT2D eigenvalue weighted by Gasteiger charge is 2.29. The Balaban J connectivity index is 1.44. The minimum atomic E-state index is -0.160. The van der Waals surface area contributed by atoms with Gasteiger partial charge in [0.1, 0.15) is 0 Å². The molecule has 0 atom stereocenters. The van der Waals surface area contributed by atoms with Crippen LogP contribution in [0.2, 0.25) is 0 Å². The largest absolute Gasteiger partial charge is 0.334 e. The minimum absolute atomic E-state index is 0.160. The number of benzene rings is 1. The Morgan fingerprint density at radius 3 is 3.04 bits per heavy atom. The predicted octanol–water partition coefficient (Wildman–Crippen LogP) is 4.34. The minimum Gasteiger partial charge on any atom is -0.334 e. The molecule has 4 rings (SSSR count). The van der Waals surface area contributed by atoms with E-state index in [4.69, 9.17) is 4.52 Å². The number of anilines is 1. The third-order valence-electron chi connectivity index (χ3n) is 4.09. The van der Waals surface area contributed by atoms with E-state index in [2.05, 4.69) is 15.5 Å². The van der Waals surface area contributed by atoms with Crippen molar-refractivity contribution in [3.8, 4) is 11.5 Å². The standard InChI is InChI=1S/C18H18N4O2S/c1-22(10-12-7-8-25-11-12)18(23)19-15-4-2-3-14(9-15)17-20-16(21-24-17)13-5-6-13/h2-4,7-9,11,13H,5-6,10H2,1H3,(H,19,23). The molecule has 1 N–H and O–H groups in total. The zero-order chi connectivity index (χ0) is 17.2. The molecule has 0 saturated heterocycles. The average Bonchev–Trinajstić information content (AvgIpc) is 3.12. The highest BCUT2D eigenvalue weighted by Crippen LogP contribution is 2.39. The van der Waals surface area contributed by atoms with Gasteiger partial charge in [0.25, 0.3) is 5.89 Å². The van der Waals surface area contributed by atoms with Gasteiger partial charge in [-0.3, -0.25) is 0 Å². The number of hydrogen-bond acceptors (Lipinski definition) is 5. The van der Waals surface area contributed by atoms with Crippen LogP contribution in [-0.2, 0) is 6.54 Å². The van der Waals surface area contributed by atoms with Gasteiger partial charge in [-0.25, -0.2) is 4.79 Å². The van der Waals surface area contributed by atoms with Crippen LogP contribution in [-0.4, -0.2) is 28.1 Å². The normalized spacial score (nSPS) is 13.6. The monoisotopic (exact) mass is 354 g/mol. The highest BCUT2D eigenvalue weighted by molar-refractivity contribution is 7.07. The molecule has 0 radical (unpaired) electrons. The van der Waals surface area contributed by atoms with E-state index < -0.39 is 0 Å². The van der Waals surface area contributed by atoms with Crippen molar-refractivity contribution in [3.05, 3.63) is 52.5 Å². The number of aromatic nitrogens is 2. The average molecular weight is 354 g/mol. The molecule has 1 aliphatic carbocycles. The number of rotatable bonds is 5. The Hall–Kier alpha value is -2.67. The van der Waals surface area contributed by atoms with Crippen LogP contribution in [0.4, 0.5) is 10.5 Å². The first-order valence-corrected chi connectivity index (χ1v) is 9.10. The topological polar surface area (TPSA) is 71.3 Å². The van der Waals surface area contributed by atoms with E-state index in [9.17, 15) is 4.79 Å². The van der Waals surface area contributed by atoms with Gasteiger partial charge in [-0.1, -0.05) is 11.2 Å². The van der Waals surface area contributed by atoms with Crippen LogP contribution in [0.25, 0.3) is 11.5 Å². The van der Waals surface area contributed by atoms with E-state index in [0.717, 1.165) is 29.8 Å². The van der Waals surface area contributed by atoms with Gasteiger partial charge in [0.05, 0.1) is 0 Å². The number of nitrogens with zero attached hydrogens (tertiary/aromatic N) is 3. The second-order valence-corrected chi connectivity index (χ2v) is 7.01. The van der Waals surface area contributed by atoms with Crippen molar-refractivity contribution >= 4 is 23.1 Å². The molecule has 1 saturated carbocycles. The summed E-state index contributed by atoms with van der Waals surface area (Å²) in [6.07, 6.45) is 2.26. The fourth-order valence-corrected chi connectivity index (χ4v) is 3.20. The molecular weight excluding hydrogens is 336 g/mol. The Bertz CT molecular complexity index is 871. The van der Waals surface area contributed by atoms with Gasteiger partial charge in [0.15, 0.2) is 5.82 Å². The van der Waals surface area contributed by atoms with Gasteiger partial charge in [-0.2, -0.15) is 16.3 Å². The molecule has 2 aromatic heterocycles. The molecule has 0 aliphatic heterocycles. The summed E-state index contributed by atoms with van der Waals surface area (Å²) in [5, 5.41) is 11.0. The lowest BCUT2D eigenvalue weighted by Crippen LogP contribution is -2.30. The fourth-order valence-electron chi connectivity index (χ4n) is 2.54. The van der Waals surface area contributed by atoms with Gasteiger partial charge in [-0.05, 0) is 53.4 Å². The molecule has 2 heterocycles. The molecule has 25 heavy (non-hydrogen) atoms. The Morgan fingerprint density at radius 1 is 1.40 bits per heavy atom. The van der Waals surface area contributed by atoms with E-state index in [0.29, 0.717) is 24.0 Å². The maximum Gasteiger partial charge on any atom is 0.321 e. The molecule has 0 unspecified atom stereocenters. The summed E-state index contributed by atoms with van der Waals surface area (Å²) in [5.74, 6) is 1.72. The third-order valence-corrected chi connectivity index (χ3v) is 4.82. The van der Waals surface area contributed by atoms with Gasteiger partial charge in [0.2, 0.25) is 0 Å². The van der Waals surface area contributed by atoms with E-state index in [-0.39, 0.29) is 6.03 Å². The smallest absolute Gasteiger partial charge is 0.321 e. The molecule has 1 aromatic carbocycles. The van der Waals surface area contributed by atoms with Crippen LogP contribution in [0, 0.1) is 0 Å². The number of hydrogen-bond donors (Lipinski definition) is 1. The Morgan fingerprint density at radius 2 is 2.28 bits per heavy atom. The third kappa shape index (κ3) is 3.71. The molecule has 1 aliphatic rings.